The Labute approximate surface area is 96.2 Å². The Morgan fingerprint density at radius 1 is 1.50 bits per heavy atom. The van der Waals surface area contributed by atoms with Crippen LogP contribution in [0.25, 0.3) is 0 Å². The molecule has 2 fully saturated rings. The van der Waals surface area contributed by atoms with Crippen LogP contribution < -0.4 is 0 Å². The molecule has 3 unspecified atom stereocenters. The molecule has 2 aliphatic rings. The molecular weight excluding hydrogens is 204 g/mol. The van der Waals surface area contributed by atoms with E-state index in [2.05, 4.69) is 6.07 Å². The third-order valence-electron chi connectivity index (χ3n) is 3.14. The van der Waals surface area contributed by atoms with Crippen molar-refractivity contribution in [2.45, 2.75) is 57.7 Å². The van der Waals surface area contributed by atoms with Crippen LogP contribution in [-0.4, -0.2) is 28.7 Å². The normalized spacial score (nSPS) is 31.9. The van der Waals surface area contributed by atoms with E-state index in [1.807, 2.05) is 20.8 Å². The zero-order valence-corrected chi connectivity index (χ0v) is 10.1. The van der Waals surface area contributed by atoms with Crippen molar-refractivity contribution >= 4 is 6.09 Å². The van der Waals surface area contributed by atoms with Crippen molar-refractivity contribution in [3.05, 3.63) is 0 Å². The van der Waals surface area contributed by atoms with Gasteiger partial charge in [-0.1, -0.05) is 0 Å². The van der Waals surface area contributed by atoms with Crippen molar-refractivity contribution in [3.63, 3.8) is 0 Å². The molecule has 1 aliphatic carbocycles. The van der Waals surface area contributed by atoms with Gasteiger partial charge in [0.05, 0.1) is 12.5 Å². The minimum atomic E-state index is -0.457. The lowest BCUT2D eigenvalue weighted by Gasteiger charge is -2.29. The first-order chi connectivity index (χ1) is 7.42. The molecule has 2 rings (SSSR count). The lowest BCUT2D eigenvalue weighted by atomic mass is 10.1. The predicted molar refractivity (Wildman–Crippen MR) is 58.6 cm³/mol. The Morgan fingerprint density at radius 2 is 2.19 bits per heavy atom. The maximum Gasteiger partial charge on any atom is 0.410 e. The molecule has 4 heteroatoms. The van der Waals surface area contributed by atoms with Crippen LogP contribution in [0.4, 0.5) is 4.79 Å². The molecule has 0 aromatic rings. The molecule has 16 heavy (non-hydrogen) atoms. The second kappa shape index (κ2) is 3.65. The van der Waals surface area contributed by atoms with Crippen molar-refractivity contribution in [1.29, 1.82) is 5.26 Å². The fourth-order valence-electron chi connectivity index (χ4n) is 2.45. The highest BCUT2D eigenvalue weighted by atomic mass is 16.6. The molecule has 0 bridgehead atoms. The molecule has 0 radical (unpaired) electrons. The maximum atomic E-state index is 12.0. The average Bonchev–Trinajstić information content (AvgIpc) is 2.75. The van der Waals surface area contributed by atoms with E-state index in [0.717, 1.165) is 12.8 Å². The predicted octanol–water partition coefficient (Wildman–Crippen LogP) is 2.30. The summed E-state index contributed by atoms with van der Waals surface area (Å²) in [5.41, 5.74) is -0.457. The number of likely N-dealkylation sites (tertiary alicyclic amines) is 1. The first-order valence-corrected chi connectivity index (χ1v) is 5.80. The fraction of sp³-hybridized carbons (Fsp3) is 0.833. The summed E-state index contributed by atoms with van der Waals surface area (Å²) in [5, 5.41) is 8.73. The molecule has 1 amide bonds. The molecule has 0 spiro atoms. The van der Waals surface area contributed by atoms with E-state index in [1.54, 1.807) is 4.90 Å². The Bertz CT molecular complexity index is 340. The van der Waals surface area contributed by atoms with Crippen LogP contribution in [0.3, 0.4) is 0 Å². The number of fused-ring (bicyclic) bond motifs is 1. The van der Waals surface area contributed by atoms with Crippen molar-refractivity contribution in [3.8, 4) is 6.07 Å². The Kier molecular flexibility index (Phi) is 2.57. The monoisotopic (exact) mass is 222 g/mol. The van der Waals surface area contributed by atoms with E-state index in [1.165, 1.54) is 0 Å². The van der Waals surface area contributed by atoms with Crippen LogP contribution >= 0.6 is 0 Å². The van der Waals surface area contributed by atoms with E-state index in [-0.39, 0.29) is 12.1 Å². The molecule has 0 aromatic carbocycles. The SMILES string of the molecule is CC(C)(C)OC(=O)N1C(CC#N)CC2CC21. The zero-order valence-electron chi connectivity index (χ0n) is 10.1. The number of carbonyl (C=O) groups is 1. The highest BCUT2D eigenvalue weighted by Gasteiger charge is 2.54. The van der Waals surface area contributed by atoms with Gasteiger partial charge < -0.3 is 9.64 Å². The number of rotatable bonds is 1. The molecule has 1 saturated heterocycles. The summed E-state index contributed by atoms with van der Waals surface area (Å²) in [6.45, 7) is 5.60. The fourth-order valence-corrected chi connectivity index (χ4v) is 2.45. The van der Waals surface area contributed by atoms with E-state index in [4.69, 9.17) is 10.00 Å². The number of hydrogen-bond donors (Lipinski definition) is 0. The van der Waals surface area contributed by atoms with E-state index >= 15 is 0 Å². The van der Waals surface area contributed by atoms with Crippen molar-refractivity contribution < 1.29 is 9.53 Å². The summed E-state index contributed by atoms with van der Waals surface area (Å²) >= 11 is 0. The van der Waals surface area contributed by atoms with Gasteiger partial charge in [-0.2, -0.15) is 5.26 Å². The van der Waals surface area contributed by atoms with Crippen LogP contribution in [0.15, 0.2) is 0 Å². The zero-order chi connectivity index (χ0) is 11.9. The third-order valence-corrected chi connectivity index (χ3v) is 3.14. The smallest absolute Gasteiger partial charge is 0.410 e. The van der Waals surface area contributed by atoms with E-state index in [9.17, 15) is 4.79 Å². The number of hydrogen-bond acceptors (Lipinski definition) is 3. The van der Waals surface area contributed by atoms with Crippen molar-refractivity contribution in [2.75, 3.05) is 0 Å². The van der Waals surface area contributed by atoms with Gasteiger partial charge in [-0.05, 0) is 39.5 Å². The van der Waals surface area contributed by atoms with Crippen molar-refractivity contribution in [1.82, 2.24) is 4.90 Å². The van der Waals surface area contributed by atoms with Gasteiger partial charge in [-0.3, -0.25) is 0 Å². The van der Waals surface area contributed by atoms with Gasteiger partial charge in [0.2, 0.25) is 0 Å². The summed E-state index contributed by atoms with van der Waals surface area (Å²) in [7, 11) is 0. The second-order valence-corrected chi connectivity index (χ2v) is 5.70. The summed E-state index contributed by atoms with van der Waals surface area (Å²) in [4.78, 5) is 13.8. The molecule has 0 N–H and O–H groups in total. The molecule has 88 valence electrons. The lowest BCUT2D eigenvalue weighted by molar-refractivity contribution is 0.0188. The Morgan fingerprint density at radius 3 is 2.75 bits per heavy atom. The lowest BCUT2D eigenvalue weighted by Crippen LogP contribution is -2.41. The van der Waals surface area contributed by atoms with Gasteiger partial charge in [-0.25, -0.2) is 4.79 Å². The van der Waals surface area contributed by atoms with Gasteiger partial charge >= 0.3 is 6.09 Å². The van der Waals surface area contributed by atoms with E-state index < -0.39 is 5.60 Å². The van der Waals surface area contributed by atoms with Crippen molar-refractivity contribution in [2.24, 2.45) is 5.92 Å². The van der Waals surface area contributed by atoms with Gasteiger partial charge in [-0.15, -0.1) is 0 Å². The Hall–Kier alpha value is -1.24. The second-order valence-electron chi connectivity index (χ2n) is 5.70. The molecule has 1 heterocycles. The highest BCUT2D eigenvalue weighted by Crippen LogP contribution is 2.48. The van der Waals surface area contributed by atoms with Crippen LogP contribution in [0, 0.1) is 17.2 Å². The van der Waals surface area contributed by atoms with Gasteiger partial charge in [0, 0.05) is 12.1 Å². The number of piperidine rings is 1. The van der Waals surface area contributed by atoms with Gasteiger partial charge in [0.15, 0.2) is 0 Å². The molecular formula is C12H18N2O2. The maximum absolute atomic E-state index is 12.0. The minimum Gasteiger partial charge on any atom is -0.444 e. The molecule has 3 atom stereocenters. The van der Waals surface area contributed by atoms with Crippen LogP contribution in [-0.2, 0) is 4.74 Å². The topological polar surface area (TPSA) is 53.3 Å². The molecule has 0 aromatic heterocycles. The quantitative estimate of drug-likeness (QED) is 0.684. The third kappa shape index (κ3) is 2.13. The number of amides is 1. The first-order valence-electron chi connectivity index (χ1n) is 5.80. The summed E-state index contributed by atoms with van der Waals surface area (Å²) in [6.07, 6.45) is 2.22. The highest BCUT2D eigenvalue weighted by molar-refractivity contribution is 5.70. The van der Waals surface area contributed by atoms with Gasteiger partial charge in [0.25, 0.3) is 0 Å². The summed E-state index contributed by atoms with van der Waals surface area (Å²) < 4.78 is 5.37. The largest absolute Gasteiger partial charge is 0.444 e. The van der Waals surface area contributed by atoms with Crippen LogP contribution in [0.2, 0.25) is 0 Å². The van der Waals surface area contributed by atoms with Crippen LogP contribution in [0.5, 0.6) is 0 Å². The molecule has 1 saturated carbocycles. The van der Waals surface area contributed by atoms with Crippen LogP contribution in [0.1, 0.15) is 40.0 Å². The number of ether oxygens (including phenoxy) is 1. The number of nitrogens with zero attached hydrogens (tertiary/aromatic N) is 2. The average molecular weight is 222 g/mol. The molecule has 4 nitrogen and oxygen atoms in total. The summed E-state index contributed by atoms with van der Waals surface area (Å²) in [5.74, 6) is 0.617. The number of carbonyl (C=O) groups excluding carboxylic acids is 1. The van der Waals surface area contributed by atoms with E-state index in [0.29, 0.717) is 18.4 Å². The Balaban J connectivity index is 2.01. The first kappa shape index (κ1) is 11.3. The minimum absolute atomic E-state index is 0.0728. The summed E-state index contributed by atoms with van der Waals surface area (Å²) in [6, 6.07) is 2.56. The number of nitriles is 1. The van der Waals surface area contributed by atoms with Gasteiger partial charge in [0.1, 0.15) is 5.60 Å². The molecule has 1 aliphatic heterocycles. The standard InChI is InChI=1S/C12H18N2O2/c1-12(2,3)16-11(15)14-9(4-5-13)6-8-7-10(8)14/h8-10H,4,6-7H2,1-3H3.